The minimum absolute atomic E-state index is 0.141. The summed E-state index contributed by atoms with van der Waals surface area (Å²) in [5.41, 5.74) is 4.70. The van der Waals surface area contributed by atoms with Gasteiger partial charge in [-0.15, -0.1) is 0 Å². The number of anilines is 2. The van der Waals surface area contributed by atoms with E-state index in [-0.39, 0.29) is 11.9 Å². The van der Waals surface area contributed by atoms with Crippen LogP contribution in [0, 0.1) is 0 Å². The molecule has 5 rings (SSSR count). The number of allylic oxidation sites excluding steroid dienone is 2. The molecule has 1 saturated heterocycles. The lowest BCUT2D eigenvalue weighted by Gasteiger charge is -2.38. The molecule has 5 heteroatoms. The molecule has 1 N–H and O–H groups in total. The van der Waals surface area contributed by atoms with Gasteiger partial charge in [0.15, 0.2) is 0 Å². The zero-order valence-electron chi connectivity index (χ0n) is 18.1. The maximum atomic E-state index is 14.0. The number of hydrogen-bond donors (Lipinski definition) is 1. The highest BCUT2D eigenvalue weighted by Gasteiger charge is 2.37. The van der Waals surface area contributed by atoms with Crippen molar-refractivity contribution in [2.24, 2.45) is 0 Å². The predicted molar refractivity (Wildman–Crippen MR) is 125 cm³/mol. The second-order valence-electron chi connectivity index (χ2n) is 8.66. The molecular formula is C26H30FN3O. The molecule has 162 valence electrons. The van der Waals surface area contributed by atoms with Crippen molar-refractivity contribution < 1.29 is 9.13 Å². The molecule has 2 aliphatic heterocycles. The summed E-state index contributed by atoms with van der Waals surface area (Å²) >= 11 is 0. The van der Waals surface area contributed by atoms with Crippen LogP contribution in [0.25, 0.3) is 0 Å². The smallest absolute Gasteiger partial charge is 0.143 e. The Morgan fingerprint density at radius 2 is 1.97 bits per heavy atom. The molecule has 0 spiro atoms. The third-order valence-electron chi connectivity index (χ3n) is 6.76. The van der Waals surface area contributed by atoms with Gasteiger partial charge in [0, 0.05) is 38.4 Å². The van der Waals surface area contributed by atoms with Crippen molar-refractivity contribution in [1.29, 1.82) is 0 Å². The predicted octanol–water partition coefficient (Wildman–Crippen LogP) is 4.80. The van der Waals surface area contributed by atoms with E-state index in [4.69, 9.17) is 4.74 Å². The van der Waals surface area contributed by atoms with E-state index >= 15 is 0 Å². The Kier molecular flexibility index (Phi) is 5.68. The maximum Gasteiger partial charge on any atom is 0.143 e. The van der Waals surface area contributed by atoms with Gasteiger partial charge < -0.3 is 19.9 Å². The Labute approximate surface area is 184 Å². The Morgan fingerprint density at radius 3 is 2.81 bits per heavy atom. The summed E-state index contributed by atoms with van der Waals surface area (Å²) in [5.74, 6) is 0.763. The zero-order valence-corrected chi connectivity index (χ0v) is 18.1. The minimum atomic E-state index is -0.141. The Balaban J connectivity index is 1.31. The first-order valence-electron chi connectivity index (χ1n) is 11.3. The van der Waals surface area contributed by atoms with Crippen LogP contribution in [0.15, 0.2) is 72.1 Å². The Morgan fingerprint density at radius 1 is 1.13 bits per heavy atom. The first-order valence-corrected chi connectivity index (χ1v) is 11.3. The van der Waals surface area contributed by atoms with Gasteiger partial charge in [-0.3, -0.25) is 0 Å². The summed E-state index contributed by atoms with van der Waals surface area (Å²) in [6.45, 7) is 3.63. The average Bonchev–Trinajstić information content (AvgIpc) is 3.20. The molecule has 2 aromatic rings. The summed E-state index contributed by atoms with van der Waals surface area (Å²) in [5, 5.41) is 3.17. The van der Waals surface area contributed by atoms with Crippen LogP contribution in [-0.4, -0.2) is 50.3 Å². The number of nitrogens with one attached hydrogen (secondary N) is 1. The lowest BCUT2D eigenvalue weighted by molar-refractivity contribution is 0.334. The topological polar surface area (TPSA) is 27.7 Å². The standard InChI is InChI=1S/C26H30FN3O/c1-28-22-9-6-19(7-10-22)12-14-29-15-13-23(17-29)30-24-11-8-21(27)16-20(24)18-31-26-5-3-2-4-25(26)30/h2-10,16,23-24,28H,11-15,17-18H2,1H3. The molecule has 1 aliphatic carbocycles. The summed E-state index contributed by atoms with van der Waals surface area (Å²) in [4.78, 5) is 5.08. The first kappa shape index (κ1) is 20.1. The number of para-hydroxylation sites is 2. The number of nitrogens with zero attached hydrogens (tertiary/aromatic N) is 2. The van der Waals surface area contributed by atoms with Gasteiger partial charge in [-0.25, -0.2) is 4.39 Å². The molecule has 0 aromatic heterocycles. The van der Waals surface area contributed by atoms with Gasteiger partial charge in [0.1, 0.15) is 18.2 Å². The SMILES string of the molecule is CNc1ccc(CCN2CCC(N3c4ccccc4OCC4=CC(F)=CCC43)C2)cc1. The van der Waals surface area contributed by atoms with Crippen LogP contribution in [0.1, 0.15) is 18.4 Å². The molecule has 2 heterocycles. The van der Waals surface area contributed by atoms with E-state index in [2.05, 4.69) is 51.5 Å². The molecule has 3 aliphatic rings. The molecule has 0 saturated carbocycles. The van der Waals surface area contributed by atoms with E-state index < -0.39 is 0 Å². The van der Waals surface area contributed by atoms with Gasteiger partial charge in [-0.1, -0.05) is 24.3 Å². The molecule has 4 nitrogen and oxygen atoms in total. The number of fused-ring (bicyclic) bond motifs is 2. The second-order valence-corrected chi connectivity index (χ2v) is 8.66. The van der Waals surface area contributed by atoms with E-state index in [0.717, 1.165) is 55.2 Å². The quantitative estimate of drug-likeness (QED) is 0.754. The van der Waals surface area contributed by atoms with Gasteiger partial charge in [0.25, 0.3) is 0 Å². The summed E-state index contributed by atoms with van der Waals surface area (Å²) in [6.07, 6.45) is 6.26. The molecule has 0 radical (unpaired) electrons. The van der Waals surface area contributed by atoms with Gasteiger partial charge >= 0.3 is 0 Å². The monoisotopic (exact) mass is 419 g/mol. The number of likely N-dealkylation sites (tertiary alicyclic amines) is 1. The first-order chi connectivity index (χ1) is 15.2. The maximum absolute atomic E-state index is 14.0. The Hall–Kier alpha value is -2.79. The van der Waals surface area contributed by atoms with Crippen LogP contribution >= 0.6 is 0 Å². The van der Waals surface area contributed by atoms with Crippen LogP contribution in [-0.2, 0) is 6.42 Å². The largest absolute Gasteiger partial charge is 0.487 e. The van der Waals surface area contributed by atoms with Gasteiger partial charge in [-0.05, 0) is 66.8 Å². The van der Waals surface area contributed by atoms with Gasteiger partial charge in [0.2, 0.25) is 0 Å². The zero-order chi connectivity index (χ0) is 21.2. The number of benzene rings is 2. The molecule has 1 fully saturated rings. The number of rotatable bonds is 5. The molecule has 2 aromatic carbocycles. The van der Waals surface area contributed by atoms with E-state index in [1.165, 1.54) is 5.56 Å². The van der Waals surface area contributed by atoms with Crippen molar-refractivity contribution in [3.05, 3.63) is 77.6 Å². The molecule has 2 unspecified atom stereocenters. The van der Waals surface area contributed by atoms with Crippen LogP contribution in [0.5, 0.6) is 5.75 Å². The van der Waals surface area contributed by atoms with Crippen molar-refractivity contribution in [1.82, 2.24) is 4.90 Å². The third kappa shape index (κ3) is 4.19. The van der Waals surface area contributed by atoms with Crippen molar-refractivity contribution in [2.75, 3.05) is 43.5 Å². The third-order valence-corrected chi connectivity index (χ3v) is 6.76. The summed E-state index contributed by atoms with van der Waals surface area (Å²) < 4.78 is 20.1. The fraction of sp³-hybridized carbons (Fsp3) is 0.385. The molecule has 0 amide bonds. The van der Waals surface area contributed by atoms with Crippen molar-refractivity contribution in [3.8, 4) is 5.75 Å². The summed E-state index contributed by atoms with van der Waals surface area (Å²) in [7, 11) is 1.95. The van der Waals surface area contributed by atoms with Crippen LogP contribution < -0.4 is 15.0 Å². The molecule has 2 atom stereocenters. The van der Waals surface area contributed by atoms with Crippen molar-refractivity contribution in [2.45, 2.75) is 31.3 Å². The normalized spacial score (nSPS) is 23.2. The number of ether oxygens (including phenoxy) is 1. The fourth-order valence-corrected chi connectivity index (χ4v) is 5.08. The fourth-order valence-electron chi connectivity index (χ4n) is 5.08. The van der Waals surface area contributed by atoms with E-state index in [1.807, 2.05) is 19.2 Å². The van der Waals surface area contributed by atoms with Crippen LogP contribution in [0.3, 0.4) is 0 Å². The summed E-state index contributed by atoms with van der Waals surface area (Å²) in [6, 6.07) is 17.5. The molecule has 0 bridgehead atoms. The lowest BCUT2D eigenvalue weighted by Crippen LogP contribution is -2.46. The highest BCUT2D eigenvalue weighted by Crippen LogP contribution is 2.40. The number of hydrogen-bond acceptors (Lipinski definition) is 4. The highest BCUT2D eigenvalue weighted by molar-refractivity contribution is 5.63. The highest BCUT2D eigenvalue weighted by atomic mass is 19.1. The van der Waals surface area contributed by atoms with E-state index in [1.54, 1.807) is 12.2 Å². The Bertz CT molecular complexity index is 984. The van der Waals surface area contributed by atoms with E-state index in [0.29, 0.717) is 19.1 Å². The number of halogens is 1. The van der Waals surface area contributed by atoms with E-state index in [9.17, 15) is 4.39 Å². The second kappa shape index (κ2) is 8.75. The average molecular weight is 420 g/mol. The van der Waals surface area contributed by atoms with Crippen molar-refractivity contribution >= 4 is 11.4 Å². The van der Waals surface area contributed by atoms with Gasteiger partial charge in [0.05, 0.1) is 11.7 Å². The molecule has 31 heavy (non-hydrogen) atoms. The van der Waals surface area contributed by atoms with Crippen LogP contribution in [0.2, 0.25) is 0 Å². The van der Waals surface area contributed by atoms with Crippen LogP contribution in [0.4, 0.5) is 15.8 Å². The minimum Gasteiger partial charge on any atom is -0.487 e. The molecular weight excluding hydrogens is 389 g/mol. The van der Waals surface area contributed by atoms with Gasteiger partial charge in [-0.2, -0.15) is 0 Å². The van der Waals surface area contributed by atoms with Crippen molar-refractivity contribution in [3.63, 3.8) is 0 Å². The lowest BCUT2D eigenvalue weighted by atomic mass is 9.95.